The third-order valence-electron chi connectivity index (χ3n) is 7.19. The van der Waals surface area contributed by atoms with Gasteiger partial charge < -0.3 is 25.0 Å². The molecule has 3 aromatic rings. The summed E-state index contributed by atoms with van der Waals surface area (Å²) in [7, 11) is 3.35. The van der Waals surface area contributed by atoms with Gasteiger partial charge in [-0.2, -0.15) is 0 Å². The number of likely N-dealkylation sites (N-methyl/N-ethyl adjacent to an activating group) is 1. The zero-order chi connectivity index (χ0) is 25.3. The first-order valence-corrected chi connectivity index (χ1v) is 13.0. The summed E-state index contributed by atoms with van der Waals surface area (Å²) in [6.45, 7) is 0.397. The zero-order valence-corrected chi connectivity index (χ0v) is 22.1. The van der Waals surface area contributed by atoms with Crippen molar-refractivity contribution in [2.45, 2.75) is 43.9 Å². The lowest BCUT2D eigenvalue weighted by molar-refractivity contribution is -0.132. The van der Waals surface area contributed by atoms with Crippen LogP contribution in [0.15, 0.2) is 59.1 Å². The number of anilines is 1. The van der Waals surface area contributed by atoms with E-state index in [1.807, 2.05) is 54.6 Å². The molecule has 2 amide bonds. The van der Waals surface area contributed by atoms with E-state index in [0.717, 1.165) is 33.7 Å². The number of nitrogens with one attached hydrogen (secondary N) is 2. The van der Waals surface area contributed by atoms with Crippen molar-refractivity contribution in [3.63, 3.8) is 0 Å². The molecule has 8 heteroatoms. The van der Waals surface area contributed by atoms with Gasteiger partial charge in [0.05, 0.1) is 25.9 Å². The second kappa shape index (κ2) is 10.1. The molecular formula is C28H30BrN3O4. The molecule has 3 aromatic carbocycles. The molecule has 36 heavy (non-hydrogen) atoms. The Hall–Kier alpha value is -3.10. The van der Waals surface area contributed by atoms with E-state index >= 15 is 0 Å². The number of nitrogens with zero attached hydrogens (tertiary/aromatic N) is 1. The molecule has 0 saturated heterocycles. The van der Waals surface area contributed by atoms with Crippen molar-refractivity contribution in [2.24, 2.45) is 0 Å². The molecule has 5 rings (SSSR count). The van der Waals surface area contributed by atoms with Gasteiger partial charge in [0.2, 0.25) is 5.91 Å². The fourth-order valence-corrected chi connectivity index (χ4v) is 5.87. The minimum Gasteiger partial charge on any atom is -0.496 e. The number of hydrogen-bond donors (Lipinski definition) is 2. The minimum absolute atomic E-state index is 0.124. The summed E-state index contributed by atoms with van der Waals surface area (Å²) < 4.78 is 13.4. The van der Waals surface area contributed by atoms with Gasteiger partial charge in [0.15, 0.2) is 0 Å². The van der Waals surface area contributed by atoms with Gasteiger partial charge in [0.1, 0.15) is 23.1 Å². The van der Waals surface area contributed by atoms with Crippen molar-refractivity contribution in [2.75, 3.05) is 25.6 Å². The molecular weight excluding hydrogens is 522 g/mol. The maximum Gasteiger partial charge on any atom is 0.254 e. The molecule has 0 bridgehead atoms. The fourth-order valence-electron chi connectivity index (χ4n) is 5.49. The molecule has 0 radical (unpaired) electrons. The number of carbonyl (C=O) groups is 2. The van der Waals surface area contributed by atoms with Crippen LogP contribution in [0.25, 0.3) is 10.8 Å². The lowest BCUT2D eigenvalue weighted by Gasteiger charge is -2.36. The lowest BCUT2D eigenvalue weighted by Crippen LogP contribution is -2.61. The molecule has 0 unspecified atom stereocenters. The minimum atomic E-state index is -0.802. The molecule has 2 aliphatic rings. The molecule has 1 saturated carbocycles. The molecule has 1 aliphatic heterocycles. The molecule has 1 heterocycles. The highest BCUT2D eigenvalue weighted by Crippen LogP contribution is 2.45. The third kappa shape index (κ3) is 4.44. The predicted octanol–water partition coefficient (Wildman–Crippen LogP) is 4.55. The van der Waals surface area contributed by atoms with Gasteiger partial charge in [0, 0.05) is 10.0 Å². The van der Waals surface area contributed by atoms with E-state index < -0.39 is 11.6 Å². The molecule has 1 atom stereocenters. The van der Waals surface area contributed by atoms with Gasteiger partial charge in [-0.25, -0.2) is 0 Å². The number of hydrogen-bond acceptors (Lipinski definition) is 5. The summed E-state index contributed by atoms with van der Waals surface area (Å²) in [6.07, 6.45) is 3.30. The van der Waals surface area contributed by atoms with Crippen molar-refractivity contribution in [1.82, 2.24) is 10.6 Å². The van der Waals surface area contributed by atoms with Crippen LogP contribution in [-0.2, 0) is 16.1 Å². The van der Waals surface area contributed by atoms with Gasteiger partial charge >= 0.3 is 0 Å². The highest BCUT2D eigenvalue weighted by Gasteiger charge is 2.52. The number of carbonyl (C=O) groups excluding carboxylic acids is 2. The van der Waals surface area contributed by atoms with Crippen molar-refractivity contribution in [3.8, 4) is 11.5 Å². The maximum absolute atomic E-state index is 14.4. The van der Waals surface area contributed by atoms with Crippen LogP contribution < -0.4 is 25.0 Å². The van der Waals surface area contributed by atoms with Gasteiger partial charge in [-0.05, 0) is 73.8 Å². The van der Waals surface area contributed by atoms with Crippen molar-refractivity contribution in [1.29, 1.82) is 0 Å². The third-order valence-corrected chi connectivity index (χ3v) is 7.68. The Bertz CT molecular complexity index is 1310. The first-order chi connectivity index (χ1) is 17.5. The molecule has 1 aliphatic carbocycles. The van der Waals surface area contributed by atoms with E-state index in [4.69, 9.17) is 9.47 Å². The fraction of sp³-hybridized carbons (Fsp3) is 0.357. The smallest absolute Gasteiger partial charge is 0.254 e. The number of benzene rings is 3. The van der Waals surface area contributed by atoms with Crippen LogP contribution in [0.2, 0.25) is 0 Å². The van der Waals surface area contributed by atoms with Crippen LogP contribution in [0.3, 0.4) is 0 Å². The summed E-state index contributed by atoms with van der Waals surface area (Å²) in [4.78, 5) is 28.8. The van der Waals surface area contributed by atoms with E-state index in [1.54, 1.807) is 19.1 Å². The monoisotopic (exact) mass is 551 g/mol. The van der Waals surface area contributed by atoms with Crippen molar-refractivity contribution in [3.05, 3.63) is 64.6 Å². The molecule has 7 nitrogen and oxygen atoms in total. The zero-order valence-electron chi connectivity index (χ0n) is 20.5. The predicted molar refractivity (Wildman–Crippen MR) is 144 cm³/mol. The Kier molecular flexibility index (Phi) is 6.90. The first kappa shape index (κ1) is 24.6. The average molecular weight is 552 g/mol. The SMILES string of the molecule is CNCC(=O)N[C@@H]1C(=O)N(Cc2c(OC)ccc3cc(Br)ccc23)c2ccccc2OC12CCCC2. The molecule has 1 spiro atoms. The van der Waals surface area contributed by atoms with Crippen LogP contribution in [0.1, 0.15) is 31.2 Å². The van der Waals surface area contributed by atoms with Crippen LogP contribution >= 0.6 is 15.9 Å². The number of fused-ring (bicyclic) bond motifs is 2. The topological polar surface area (TPSA) is 79.9 Å². The number of halogens is 1. The summed E-state index contributed by atoms with van der Waals surface area (Å²) in [6, 6.07) is 16.8. The number of rotatable bonds is 6. The van der Waals surface area contributed by atoms with Crippen LogP contribution in [-0.4, -0.2) is 44.2 Å². The quantitative estimate of drug-likeness (QED) is 0.469. The molecule has 0 aromatic heterocycles. The van der Waals surface area contributed by atoms with Crippen LogP contribution in [0, 0.1) is 0 Å². The molecule has 188 valence electrons. The molecule has 1 fully saturated rings. The lowest BCUT2D eigenvalue weighted by atomic mass is 9.90. The number of amides is 2. The van der Waals surface area contributed by atoms with Crippen LogP contribution in [0.4, 0.5) is 5.69 Å². The standard InChI is InChI=1S/C28H30BrN3O4/c1-30-16-25(33)31-26-27(34)32(22-7-3-4-8-24(22)36-28(26)13-5-6-14-28)17-21-20-11-10-19(29)15-18(20)9-12-23(21)35-2/h3-4,7-12,15,26,30H,5-6,13-14,16-17H2,1-2H3,(H,31,33)/t26-/m1/s1. The van der Waals surface area contributed by atoms with E-state index in [1.165, 1.54) is 0 Å². The highest BCUT2D eigenvalue weighted by atomic mass is 79.9. The summed E-state index contributed by atoms with van der Waals surface area (Å²) in [5, 5.41) is 7.93. The Morgan fingerprint density at radius 3 is 2.69 bits per heavy atom. The van der Waals surface area contributed by atoms with Gasteiger partial charge in [-0.3, -0.25) is 9.59 Å². The largest absolute Gasteiger partial charge is 0.496 e. The molecule has 2 N–H and O–H groups in total. The van der Waals surface area contributed by atoms with Crippen LogP contribution in [0.5, 0.6) is 11.5 Å². The van der Waals surface area contributed by atoms with Crippen molar-refractivity contribution < 1.29 is 19.1 Å². The second-order valence-corrected chi connectivity index (χ2v) is 10.3. The first-order valence-electron chi connectivity index (χ1n) is 12.2. The number of para-hydroxylation sites is 2. The Morgan fingerprint density at radius 2 is 1.94 bits per heavy atom. The highest BCUT2D eigenvalue weighted by molar-refractivity contribution is 9.10. The van der Waals surface area contributed by atoms with E-state index in [-0.39, 0.29) is 24.9 Å². The Balaban J connectivity index is 1.64. The van der Waals surface area contributed by atoms with E-state index in [2.05, 4.69) is 26.6 Å². The summed E-state index contributed by atoms with van der Waals surface area (Å²) in [5.74, 6) is 0.943. The van der Waals surface area contributed by atoms with E-state index in [9.17, 15) is 9.59 Å². The van der Waals surface area contributed by atoms with Gasteiger partial charge in [0.25, 0.3) is 5.91 Å². The van der Waals surface area contributed by atoms with Gasteiger partial charge in [-0.1, -0.05) is 40.2 Å². The van der Waals surface area contributed by atoms with Gasteiger partial charge in [-0.15, -0.1) is 0 Å². The Labute approximate surface area is 219 Å². The summed E-state index contributed by atoms with van der Waals surface area (Å²) in [5.41, 5.74) is 0.808. The van der Waals surface area contributed by atoms with E-state index in [0.29, 0.717) is 30.0 Å². The normalized spacial score (nSPS) is 18.6. The Morgan fingerprint density at radius 1 is 1.17 bits per heavy atom. The summed E-state index contributed by atoms with van der Waals surface area (Å²) >= 11 is 3.55. The average Bonchev–Trinajstić information content (AvgIpc) is 3.32. The number of methoxy groups -OCH3 is 1. The van der Waals surface area contributed by atoms with Crippen molar-refractivity contribution >= 4 is 44.2 Å². The second-order valence-electron chi connectivity index (χ2n) is 9.41. The maximum atomic E-state index is 14.4. The number of ether oxygens (including phenoxy) is 2.